The van der Waals surface area contributed by atoms with Crippen LogP contribution in [0.4, 0.5) is 29.1 Å². The Kier molecular flexibility index (Phi) is 5.82. The molecule has 3 rings (SSSR count). The molecule has 0 bridgehead atoms. The van der Waals surface area contributed by atoms with Crippen LogP contribution in [0.5, 0.6) is 0 Å². The zero-order valence-electron chi connectivity index (χ0n) is 14.9. The number of hydrogen-bond donors (Lipinski definition) is 2. The van der Waals surface area contributed by atoms with Crippen LogP contribution in [0, 0.1) is 5.82 Å². The fourth-order valence-corrected chi connectivity index (χ4v) is 3.42. The second-order valence-corrected chi connectivity index (χ2v) is 7.90. The minimum Gasteiger partial charge on any atom is -0.319 e. The molecule has 0 aliphatic rings. The summed E-state index contributed by atoms with van der Waals surface area (Å²) < 4.78 is 75.5. The maximum absolute atomic E-state index is 13.8. The number of aromatic nitrogens is 3. The highest BCUT2D eigenvalue weighted by molar-refractivity contribution is 7.92. The van der Waals surface area contributed by atoms with Crippen molar-refractivity contribution in [3.05, 3.63) is 54.4 Å². The predicted molar refractivity (Wildman–Crippen MR) is 99.8 cm³/mol. The molecule has 0 radical (unpaired) electrons. The zero-order chi connectivity index (χ0) is 21.9. The molecule has 2 aromatic heterocycles. The predicted octanol–water partition coefficient (Wildman–Crippen LogP) is 3.11. The molecule has 0 unspecified atom stereocenters. The van der Waals surface area contributed by atoms with E-state index in [2.05, 4.69) is 20.3 Å². The molecule has 158 valence electrons. The fraction of sp³-hybridized carbons (Fsp3) is 0.176. The van der Waals surface area contributed by atoms with Crippen LogP contribution in [0.25, 0.3) is 10.9 Å². The summed E-state index contributed by atoms with van der Waals surface area (Å²) in [5, 5.41) is 2.90. The quantitative estimate of drug-likeness (QED) is 0.566. The van der Waals surface area contributed by atoms with Gasteiger partial charge in [-0.05, 0) is 18.2 Å². The molecular formula is C17H13F4N5O3S. The number of nitrogens with one attached hydrogen (secondary N) is 2. The number of pyridine rings is 1. The topological polar surface area (TPSA) is 114 Å². The number of nitrogens with zero attached hydrogens (tertiary/aromatic N) is 3. The fourth-order valence-electron chi connectivity index (χ4n) is 2.40. The summed E-state index contributed by atoms with van der Waals surface area (Å²) in [5.74, 6) is -2.90. The maximum Gasteiger partial charge on any atom is 0.390 e. The van der Waals surface area contributed by atoms with E-state index in [9.17, 15) is 30.8 Å². The average Bonchev–Trinajstić information content (AvgIpc) is 2.66. The first-order chi connectivity index (χ1) is 14.0. The molecule has 0 aliphatic carbocycles. The largest absolute Gasteiger partial charge is 0.390 e. The molecule has 0 saturated carbocycles. The summed E-state index contributed by atoms with van der Waals surface area (Å²) in [5.41, 5.74) is 0.199. The number of carbonyl (C=O) groups is 1. The molecule has 0 atom stereocenters. The molecular weight excluding hydrogens is 430 g/mol. The summed E-state index contributed by atoms with van der Waals surface area (Å²) in [7, 11) is -4.30. The van der Waals surface area contributed by atoms with Crippen molar-refractivity contribution in [1.29, 1.82) is 0 Å². The Morgan fingerprint density at radius 2 is 1.87 bits per heavy atom. The van der Waals surface area contributed by atoms with Crippen LogP contribution in [0.3, 0.4) is 0 Å². The van der Waals surface area contributed by atoms with Crippen LogP contribution in [0.1, 0.15) is 16.9 Å². The van der Waals surface area contributed by atoms with Gasteiger partial charge in [0.2, 0.25) is 10.0 Å². The highest BCUT2D eigenvalue weighted by atomic mass is 32.2. The molecule has 2 heterocycles. The first kappa shape index (κ1) is 21.4. The molecule has 0 aliphatic heterocycles. The molecule has 0 spiro atoms. The first-order valence-electron chi connectivity index (χ1n) is 8.27. The van der Waals surface area contributed by atoms with Gasteiger partial charge < -0.3 is 5.32 Å². The Morgan fingerprint density at radius 3 is 2.53 bits per heavy atom. The summed E-state index contributed by atoms with van der Waals surface area (Å²) in [6.45, 7) is 0. The molecule has 1 amide bonds. The van der Waals surface area contributed by atoms with Crippen molar-refractivity contribution >= 4 is 38.3 Å². The highest BCUT2D eigenvalue weighted by Gasteiger charge is 2.30. The van der Waals surface area contributed by atoms with Crippen LogP contribution in [-0.4, -0.2) is 41.2 Å². The summed E-state index contributed by atoms with van der Waals surface area (Å²) in [6.07, 6.45) is -2.88. The number of rotatable bonds is 6. The number of alkyl halides is 3. The molecule has 8 nitrogen and oxygen atoms in total. The molecule has 30 heavy (non-hydrogen) atoms. The Bertz CT molecular complexity index is 1180. The Hall–Kier alpha value is -3.35. The molecule has 1 aromatic carbocycles. The van der Waals surface area contributed by atoms with Gasteiger partial charge in [0.1, 0.15) is 11.5 Å². The van der Waals surface area contributed by atoms with E-state index in [4.69, 9.17) is 0 Å². The van der Waals surface area contributed by atoms with Crippen molar-refractivity contribution in [3.63, 3.8) is 0 Å². The van der Waals surface area contributed by atoms with Crippen LogP contribution in [-0.2, 0) is 10.0 Å². The molecule has 3 aromatic rings. The van der Waals surface area contributed by atoms with Crippen molar-refractivity contribution in [2.24, 2.45) is 0 Å². The highest BCUT2D eigenvalue weighted by Crippen LogP contribution is 2.23. The lowest BCUT2D eigenvalue weighted by Crippen LogP contribution is -2.22. The van der Waals surface area contributed by atoms with Gasteiger partial charge in [-0.1, -0.05) is 6.07 Å². The molecule has 0 fully saturated rings. The van der Waals surface area contributed by atoms with E-state index in [1.54, 1.807) is 12.1 Å². The van der Waals surface area contributed by atoms with E-state index in [1.807, 2.05) is 4.72 Å². The van der Waals surface area contributed by atoms with Gasteiger partial charge in [0.15, 0.2) is 5.82 Å². The monoisotopic (exact) mass is 443 g/mol. The van der Waals surface area contributed by atoms with Crippen LogP contribution < -0.4 is 10.0 Å². The Labute approximate surface area is 167 Å². The van der Waals surface area contributed by atoms with Crippen molar-refractivity contribution < 1.29 is 30.8 Å². The second kappa shape index (κ2) is 8.18. The third-order valence-electron chi connectivity index (χ3n) is 3.72. The van der Waals surface area contributed by atoms with Crippen molar-refractivity contribution in [2.75, 3.05) is 15.8 Å². The molecule has 0 saturated heterocycles. The van der Waals surface area contributed by atoms with E-state index < -0.39 is 40.1 Å². The number of halogens is 4. The lowest BCUT2D eigenvalue weighted by Gasteiger charge is -2.10. The Balaban J connectivity index is 1.72. The van der Waals surface area contributed by atoms with Gasteiger partial charge in [0, 0.05) is 11.6 Å². The van der Waals surface area contributed by atoms with Crippen molar-refractivity contribution in [2.45, 2.75) is 12.6 Å². The van der Waals surface area contributed by atoms with Crippen LogP contribution in [0.15, 0.2) is 42.9 Å². The second-order valence-electron chi connectivity index (χ2n) is 6.06. The average molecular weight is 443 g/mol. The summed E-state index contributed by atoms with van der Waals surface area (Å²) in [6, 6.07) is 5.54. The molecule has 13 heteroatoms. The number of amides is 1. The maximum atomic E-state index is 13.8. The normalized spacial score (nSPS) is 12.0. The van der Waals surface area contributed by atoms with Gasteiger partial charge in [-0.15, -0.1) is 0 Å². The van der Waals surface area contributed by atoms with Gasteiger partial charge in [0.25, 0.3) is 5.91 Å². The van der Waals surface area contributed by atoms with Gasteiger partial charge in [-0.25, -0.2) is 22.8 Å². The number of anilines is 2. The minimum atomic E-state index is -4.63. The lowest BCUT2D eigenvalue weighted by molar-refractivity contribution is -0.129. The third-order valence-corrected chi connectivity index (χ3v) is 4.98. The van der Waals surface area contributed by atoms with Gasteiger partial charge in [0.05, 0.1) is 35.8 Å². The van der Waals surface area contributed by atoms with Gasteiger partial charge in [-0.2, -0.15) is 13.2 Å². The number of benzene rings is 1. The van der Waals surface area contributed by atoms with Gasteiger partial charge in [-0.3, -0.25) is 14.5 Å². The minimum absolute atomic E-state index is 0.0920. The van der Waals surface area contributed by atoms with Crippen molar-refractivity contribution in [1.82, 2.24) is 15.0 Å². The number of carbonyl (C=O) groups excluding carboxylic acids is 1. The number of fused-ring (bicyclic) bond motifs is 1. The van der Waals surface area contributed by atoms with Crippen LogP contribution >= 0.6 is 0 Å². The number of sulfonamides is 1. The van der Waals surface area contributed by atoms with E-state index in [-0.39, 0.29) is 17.2 Å². The van der Waals surface area contributed by atoms with E-state index in [0.29, 0.717) is 10.9 Å². The molecule has 2 N–H and O–H groups in total. The van der Waals surface area contributed by atoms with E-state index in [0.717, 1.165) is 18.5 Å². The standard InChI is InChI=1S/C17H13F4N5O3S/c18-11-6-10-2-1-4-22-15(10)12(7-11)25-16(27)13-8-24-14(9-23-13)26-30(28,29)5-3-17(19,20)21/h1-2,4,6-9H,3,5H2,(H,24,26)(H,25,27). The first-order valence-corrected chi connectivity index (χ1v) is 9.92. The third kappa shape index (κ3) is 5.59. The van der Waals surface area contributed by atoms with E-state index in [1.165, 1.54) is 12.3 Å². The number of hydrogen-bond acceptors (Lipinski definition) is 6. The van der Waals surface area contributed by atoms with E-state index >= 15 is 0 Å². The lowest BCUT2D eigenvalue weighted by atomic mass is 10.2. The van der Waals surface area contributed by atoms with Crippen LogP contribution in [0.2, 0.25) is 0 Å². The Morgan fingerprint density at radius 1 is 1.10 bits per heavy atom. The summed E-state index contributed by atoms with van der Waals surface area (Å²) in [4.78, 5) is 23.8. The zero-order valence-corrected chi connectivity index (χ0v) is 15.8. The van der Waals surface area contributed by atoms with Gasteiger partial charge >= 0.3 is 6.18 Å². The SMILES string of the molecule is O=C(Nc1cc(F)cc2cccnc12)c1cnc(NS(=O)(=O)CCC(F)(F)F)cn1. The van der Waals surface area contributed by atoms with Crippen molar-refractivity contribution in [3.8, 4) is 0 Å². The smallest absolute Gasteiger partial charge is 0.319 e. The summed E-state index contributed by atoms with van der Waals surface area (Å²) >= 11 is 0.